The van der Waals surface area contributed by atoms with Gasteiger partial charge in [0.25, 0.3) is 0 Å². The van der Waals surface area contributed by atoms with E-state index in [0.29, 0.717) is 0 Å². The van der Waals surface area contributed by atoms with E-state index >= 15 is 0 Å². The van der Waals surface area contributed by atoms with Crippen molar-refractivity contribution in [2.24, 2.45) is 5.10 Å². The molecule has 122 valence electrons. The Morgan fingerprint density at radius 2 is 1.82 bits per heavy atom. The number of carbonyl (C=O) groups is 1. The molecule has 1 N–H and O–H groups in total. The summed E-state index contributed by atoms with van der Waals surface area (Å²) in [4.78, 5) is 10.9. The quantitative estimate of drug-likeness (QED) is 0.496. The number of halogens is 4. The predicted molar refractivity (Wildman–Crippen MR) is 67.5 cm³/mol. The maximum absolute atomic E-state index is 12.4. The van der Waals surface area contributed by atoms with Gasteiger partial charge in [-0.05, 0) is 19.1 Å². The number of methoxy groups -OCH3 is 1. The summed E-state index contributed by atoms with van der Waals surface area (Å²) in [6.45, 7) is -4.90. The normalized spacial score (nSPS) is 11.5. The van der Waals surface area contributed by atoms with Gasteiger partial charge in [-0.1, -0.05) is 0 Å². The first-order valence-corrected chi connectivity index (χ1v) is 5.75. The minimum absolute atomic E-state index is 0.0540. The van der Waals surface area contributed by atoms with Crippen LogP contribution in [0.5, 0.6) is 11.5 Å². The van der Waals surface area contributed by atoms with Gasteiger partial charge in [0, 0.05) is 11.6 Å². The molecule has 0 radical (unpaired) electrons. The number of amides is 1. The lowest BCUT2D eigenvalue weighted by Gasteiger charge is -2.13. The molecular formula is C12H12F4N2O4. The van der Waals surface area contributed by atoms with Gasteiger partial charge in [-0.3, -0.25) is 0 Å². The van der Waals surface area contributed by atoms with Crippen LogP contribution in [-0.4, -0.2) is 32.1 Å². The fourth-order valence-corrected chi connectivity index (χ4v) is 1.41. The zero-order chi connectivity index (χ0) is 16.7. The Morgan fingerprint density at radius 3 is 2.36 bits per heavy atom. The van der Waals surface area contributed by atoms with E-state index in [4.69, 9.17) is 0 Å². The third-order valence-electron chi connectivity index (χ3n) is 2.28. The minimum Gasteiger partial charge on any atom is -0.452 e. The largest absolute Gasteiger partial charge is 0.452 e. The molecule has 1 aromatic carbocycles. The van der Waals surface area contributed by atoms with Crippen LogP contribution in [-0.2, 0) is 4.74 Å². The second-order valence-electron chi connectivity index (χ2n) is 3.72. The molecule has 0 aliphatic rings. The number of carbonyl (C=O) groups excluding carboxylic acids is 1. The molecule has 0 spiro atoms. The molecule has 1 aromatic rings. The smallest absolute Gasteiger partial charge is 0.427 e. The average Bonchev–Trinajstić information content (AvgIpc) is 2.43. The highest BCUT2D eigenvalue weighted by atomic mass is 19.3. The molecular weight excluding hydrogens is 312 g/mol. The molecule has 0 bridgehead atoms. The van der Waals surface area contributed by atoms with Gasteiger partial charge in [0.2, 0.25) is 0 Å². The van der Waals surface area contributed by atoms with Crippen molar-refractivity contribution in [3.8, 4) is 11.5 Å². The van der Waals surface area contributed by atoms with Gasteiger partial charge in [0.05, 0.1) is 12.8 Å². The number of rotatable bonds is 6. The second kappa shape index (κ2) is 8.05. The van der Waals surface area contributed by atoms with Gasteiger partial charge in [-0.15, -0.1) is 0 Å². The number of benzene rings is 1. The molecule has 0 fully saturated rings. The van der Waals surface area contributed by atoms with Crippen molar-refractivity contribution < 1.29 is 36.6 Å². The summed E-state index contributed by atoms with van der Waals surface area (Å²) in [6.07, 6.45) is -0.867. The van der Waals surface area contributed by atoms with Crippen molar-refractivity contribution in [3.63, 3.8) is 0 Å². The van der Waals surface area contributed by atoms with E-state index < -0.39 is 25.1 Å². The van der Waals surface area contributed by atoms with E-state index in [2.05, 4.69) is 19.3 Å². The lowest BCUT2D eigenvalue weighted by molar-refractivity contribution is -0.0543. The molecule has 0 saturated carbocycles. The van der Waals surface area contributed by atoms with E-state index in [9.17, 15) is 22.4 Å². The highest BCUT2D eigenvalue weighted by molar-refractivity contribution is 6.01. The number of hydrogen-bond acceptors (Lipinski definition) is 5. The third-order valence-corrected chi connectivity index (χ3v) is 2.28. The number of nitrogens with one attached hydrogen (secondary N) is 1. The van der Waals surface area contributed by atoms with Gasteiger partial charge in [-0.2, -0.15) is 22.7 Å². The first-order valence-electron chi connectivity index (χ1n) is 5.75. The van der Waals surface area contributed by atoms with E-state index in [1.165, 1.54) is 13.0 Å². The van der Waals surface area contributed by atoms with Crippen molar-refractivity contribution in [2.45, 2.75) is 20.1 Å². The topological polar surface area (TPSA) is 69.2 Å². The number of ether oxygens (including phenoxy) is 3. The lowest BCUT2D eigenvalue weighted by Crippen LogP contribution is -2.19. The van der Waals surface area contributed by atoms with Crippen molar-refractivity contribution >= 4 is 11.8 Å². The molecule has 0 saturated heterocycles. The molecule has 0 unspecified atom stereocenters. The van der Waals surface area contributed by atoms with Crippen LogP contribution in [0, 0.1) is 0 Å². The summed E-state index contributed by atoms with van der Waals surface area (Å²) < 4.78 is 61.6. The summed E-state index contributed by atoms with van der Waals surface area (Å²) in [5.41, 5.74) is 2.13. The zero-order valence-electron chi connectivity index (χ0n) is 11.5. The lowest BCUT2D eigenvalue weighted by atomic mass is 10.1. The Labute approximate surface area is 122 Å². The fourth-order valence-electron chi connectivity index (χ4n) is 1.41. The van der Waals surface area contributed by atoms with Crippen LogP contribution in [0.15, 0.2) is 23.3 Å². The summed E-state index contributed by atoms with van der Waals surface area (Å²) >= 11 is 0. The predicted octanol–water partition coefficient (Wildman–Crippen LogP) is 2.97. The Morgan fingerprint density at radius 1 is 1.18 bits per heavy atom. The zero-order valence-corrected chi connectivity index (χ0v) is 11.5. The van der Waals surface area contributed by atoms with E-state index in [1.54, 1.807) is 0 Å². The van der Waals surface area contributed by atoms with E-state index in [1.807, 2.05) is 5.43 Å². The number of nitrogens with zero attached hydrogens (tertiary/aromatic N) is 1. The van der Waals surface area contributed by atoms with Crippen molar-refractivity contribution in [1.29, 1.82) is 0 Å². The summed E-state index contributed by atoms with van der Waals surface area (Å²) in [7, 11) is 1.11. The maximum atomic E-state index is 12.4. The highest BCUT2D eigenvalue weighted by Crippen LogP contribution is 2.28. The average molecular weight is 324 g/mol. The van der Waals surface area contributed by atoms with Crippen LogP contribution in [0.2, 0.25) is 0 Å². The first-order chi connectivity index (χ1) is 10.3. The first kappa shape index (κ1) is 17.5. The SMILES string of the molecule is COC(=O)N/N=C(/C)c1ccc(OC(F)F)cc1OC(F)F. The minimum atomic E-state index is -3.18. The number of hydrazone groups is 1. The Bertz CT molecular complexity index is 552. The fraction of sp³-hybridized carbons (Fsp3) is 0.333. The molecule has 0 aliphatic carbocycles. The molecule has 0 atom stereocenters. The van der Waals surface area contributed by atoms with Crippen LogP contribution in [0.25, 0.3) is 0 Å². The summed E-state index contributed by atoms with van der Waals surface area (Å²) in [6, 6.07) is 3.18. The monoisotopic (exact) mass is 324 g/mol. The summed E-state index contributed by atoms with van der Waals surface area (Å²) in [5, 5.41) is 3.60. The maximum Gasteiger partial charge on any atom is 0.427 e. The number of alkyl halides is 4. The molecule has 0 heterocycles. The molecule has 0 aromatic heterocycles. The van der Waals surface area contributed by atoms with Crippen molar-refractivity contribution in [3.05, 3.63) is 23.8 Å². The van der Waals surface area contributed by atoms with Crippen LogP contribution in [0.1, 0.15) is 12.5 Å². The van der Waals surface area contributed by atoms with Crippen molar-refractivity contribution in [2.75, 3.05) is 7.11 Å². The second-order valence-corrected chi connectivity index (χ2v) is 3.72. The molecule has 0 aliphatic heterocycles. The van der Waals surface area contributed by atoms with Crippen LogP contribution in [0.3, 0.4) is 0 Å². The van der Waals surface area contributed by atoms with Gasteiger partial charge >= 0.3 is 19.3 Å². The van der Waals surface area contributed by atoms with Gasteiger partial charge in [-0.25, -0.2) is 10.2 Å². The Balaban J connectivity index is 3.08. The van der Waals surface area contributed by atoms with E-state index in [0.717, 1.165) is 19.2 Å². The van der Waals surface area contributed by atoms with Crippen molar-refractivity contribution in [1.82, 2.24) is 5.43 Å². The van der Waals surface area contributed by atoms with Gasteiger partial charge in [0.1, 0.15) is 11.5 Å². The molecule has 10 heteroatoms. The molecule has 22 heavy (non-hydrogen) atoms. The van der Waals surface area contributed by atoms with E-state index in [-0.39, 0.29) is 17.0 Å². The standard InChI is InChI=1S/C12H12F4N2O4/c1-6(17-18-12(19)20-2)8-4-3-7(21-10(13)14)5-9(8)22-11(15)16/h3-5,10-11H,1-2H3,(H,18,19)/b17-6-. The Kier molecular flexibility index (Phi) is 6.42. The third kappa shape index (κ3) is 5.46. The Hall–Kier alpha value is -2.52. The van der Waals surface area contributed by atoms with Gasteiger partial charge < -0.3 is 14.2 Å². The van der Waals surface area contributed by atoms with Crippen LogP contribution in [0.4, 0.5) is 22.4 Å². The highest BCUT2D eigenvalue weighted by Gasteiger charge is 2.15. The number of hydrogen-bond donors (Lipinski definition) is 1. The molecule has 6 nitrogen and oxygen atoms in total. The van der Waals surface area contributed by atoms with Crippen LogP contribution < -0.4 is 14.9 Å². The van der Waals surface area contributed by atoms with Gasteiger partial charge in [0.15, 0.2) is 0 Å². The van der Waals surface area contributed by atoms with Crippen LogP contribution >= 0.6 is 0 Å². The molecule has 1 amide bonds. The summed E-state index contributed by atoms with van der Waals surface area (Å²) in [5.74, 6) is -0.788. The molecule has 1 rings (SSSR count).